The second-order valence-corrected chi connectivity index (χ2v) is 5.21. The van der Waals surface area contributed by atoms with Gasteiger partial charge in [0, 0.05) is 12.7 Å². The third-order valence-electron chi connectivity index (χ3n) is 3.67. The summed E-state index contributed by atoms with van der Waals surface area (Å²) in [7, 11) is 1.65. The third-order valence-corrected chi connectivity index (χ3v) is 3.67. The smallest absolute Gasteiger partial charge is 0.341 e. The molecule has 3 rings (SSSR count). The van der Waals surface area contributed by atoms with Crippen LogP contribution < -0.4 is 4.74 Å². The van der Waals surface area contributed by atoms with Gasteiger partial charge in [0.15, 0.2) is 0 Å². The molecule has 3 aromatic rings. The van der Waals surface area contributed by atoms with E-state index in [1.807, 2.05) is 43.3 Å². The first-order valence-electron chi connectivity index (χ1n) is 7.46. The van der Waals surface area contributed by atoms with Crippen molar-refractivity contribution in [3.8, 4) is 5.75 Å². The number of aromatic nitrogens is 2. The van der Waals surface area contributed by atoms with Crippen molar-refractivity contribution in [1.29, 1.82) is 0 Å². The number of methoxy groups -OCH3 is 1. The fourth-order valence-electron chi connectivity index (χ4n) is 2.36. The number of carbonyl (C=O) groups excluding carboxylic acids is 1. The van der Waals surface area contributed by atoms with Gasteiger partial charge < -0.3 is 9.47 Å². The maximum atomic E-state index is 12.0. The molecule has 118 valence electrons. The molecule has 0 atom stereocenters. The Balaban J connectivity index is 1.70. The van der Waals surface area contributed by atoms with E-state index in [1.54, 1.807) is 18.0 Å². The van der Waals surface area contributed by atoms with E-state index in [0.717, 1.165) is 28.6 Å². The highest BCUT2D eigenvalue weighted by molar-refractivity contribution is 5.89. The predicted molar refractivity (Wildman–Crippen MR) is 87.5 cm³/mol. The van der Waals surface area contributed by atoms with E-state index in [-0.39, 0.29) is 12.6 Å². The number of carbonyl (C=O) groups is 1. The Hall–Kier alpha value is -2.82. The summed E-state index contributed by atoms with van der Waals surface area (Å²) in [6.45, 7) is 2.92. The molecule has 0 N–H and O–H groups in total. The quantitative estimate of drug-likeness (QED) is 0.678. The molecule has 5 nitrogen and oxygen atoms in total. The molecule has 0 unspecified atom stereocenters. The number of hydrogen-bond donors (Lipinski definition) is 0. The highest BCUT2D eigenvalue weighted by Gasteiger charge is 2.10. The summed E-state index contributed by atoms with van der Waals surface area (Å²) in [5, 5.41) is 6.24. The number of hydrogen-bond acceptors (Lipinski definition) is 4. The van der Waals surface area contributed by atoms with Gasteiger partial charge in [-0.25, -0.2) is 4.79 Å². The van der Waals surface area contributed by atoms with Crippen LogP contribution in [0.15, 0.2) is 48.8 Å². The van der Waals surface area contributed by atoms with Crippen LogP contribution in [0.25, 0.3) is 10.8 Å². The van der Waals surface area contributed by atoms with E-state index in [1.165, 1.54) is 6.20 Å². The molecule has 23 heavy (non-hydrogen) atoms. The molecule has 5 heteroatoms. The lowest BCUT2D eigenvalue weighted by Crippen LogP contribution is -2.04. The van der Waals surface area contributed by atoms with Crippen LogP contribution in [0, 0.1) is 0 Å². The lowest BCUT2D eigenvalue weighted by molar-refractivity contribution is 0.0472. The number of fused-ring (bicyclic) bond motifs is 1. The van der Waals surface area contributed by atoms with Crippen LogP contribution in [0.1, 0.15) is 22.8 Å². The average Bonchev–Trinajstić information content (AvgIpc) is 3.08. The first-order chi connectivity index (χ1) is 11.2. The first-order valence-corrected chi connectivity index (χ1v) is 7.46. The molecular formula is C18H18N2O3. The molecule has 0 aliphatic heterocycles. The number of esters is 1. The maximum absolute atomic E-state index is 12.0. The first kappa shape index (κ1) is 15.1. The summed E-state index contributed by atoms with van der Waals surface area (Å²) in [5.74, 6) is 0.462. The summed E-state index contributed by atoms with van der Waals surface area (Å²) in [5.41, 5.74) is 1.41. The molecule has 0 spiro atoms. The lowest BCUT2D eigenvalue weighted by atomic mass is 10.1. The molecule has 0 saturated carbocycles. The molecule has 0 fully saturated rings. The van der Waals surface area contributed by atoms with Crippen molar-refractivity contribution in [3.05, 3.63) is 59.9 Å². The number of benzene rings is 2. The van der Waals surface area contributed by atoms with Crippen molar-refractivity contribution >= 4 is 16.7 Å². The fourth-order valence-corrected chi connectivity index (χ4v) is 2.36. The minimum absolute atomic E-state index is 0.234. The van der Waals surface area contributed by atoms with Gasteiger partial charge in [0.2, 0.25) is 0 Å². The molecule has 1 aromatic heterocycles. The normalized spacial score (nSPS) is 10.7. The van der Waals surface area contributed by atoms with E-state index >= 15 is 0 Å². The van der Waals surface area contributed by atoms with Crippen molar-refractivity contribution in [2.24, 2.45) is 0 Å². The second kappa shape index (κ2) is 6.52. The zero-order chi connectivity index (χ0) is 16.2. The number of ether oxygens (including phenoxy) is 2. The molecule has 0 saturated heterocycles. The van der Waals surface area contributed by atoms with Gasteiger partial charge in [-0.3, -0.25) is 4.68 Å². The van der Waals surface area contributed by atoms with Crippen LogP contribution in [0.2, 0.25) is 0 Å². The SMILES string of the molecule is CCn1cc(C(=O)OCc2ccc3cc(OC)ccc3c2)cn1. The summed E-state index contributed by atoms with van der Waals surface area (Å²) in [6, 6.07) is 11.8. The van der Waals surface area contributed by atoms with E-state index in [2.05, 4.69) is 5.10 Å². The Bertz CT molecular complexity index is 839. The van der Waals surface area contributed by atoms with Gasteiger partial charge in [0.05, 0.1) is 18.9 Å². The van der Waals surface area contributed by atoms with Crippen molar-refractivity contribution < 1.29 is 14.3 Å². The number of aryl methyl sites for hydroxylation is 1. The molecule has 0 aliphatic carbocycles. The van der Waals surface area contributed by atoms with E-state index < -0.39 is 0 Å². The molecule has 1 heterocycles. The molecule has 2 aromatic carbocycles. The van der Waals surface area contributed by atoms with Gasteiger partial charge in [-0.05, 0) is 41.5 Å². The van der Waals surface area contributed by atoms with Gasteiger partial charge in [0.25, 0.3) is 0 Å². The molecule has 0 amide bonds. The Kier molecular flexibility index (Phi) is 4.28. The maximum Gasteiger partial charge on any atom is 0.341 e. The molecule has 0 bridgehead atoms. The van der Waals surface area contributed by atoms with Crippen LogP contribution in [0.4, 0.5) is 0 Å². The van der Waals surface area contributed by atoms with E-state index in [0.29, 0.717) is 5.56 Å². The minimum atomic E-state index is -0.362. The fraction of sp³-hybridized carbons (Fsp3) is 0.222. The largest absolute Gasteiger partial charge is 0.497 e. The number of rotatable bonds is 5. The topological polar surface area (TPSA) is 53.4 Å². The molecule has 0 aliphatic rings. The second-order valence-electron chi connectivity index (χ2n) is 5.21. The molecular weight excluding hydrogens is 292 g/mol. The van der Waals surface area contributed by atoms with E-state index in [9.17, 15) is 4.79 Å². The van der Waals surface area contributed by atoms with Crippen LogP contribution in [0.5, 0.6) is 5.75 Å². The zero-order valence-electron chi connectivity index (χ0n) is 13.2. The minimum Gasteiger partial charge on any atom is -0.497 e. The van der Waals surface area contributed by atoms with Gasteiger partial charge in [-0.1, -0.05) is 18.2 Å². The Morgan fingerprint density at radius 1 is 1.17 bits per heavy atom. The van der Waals surface area contributed by atoms with Crippen LogP contribution in [0.3, 0.4) is 0 Å². The van der Waals surface area contributed by atoms with Crippen LogP contribution in [-0.4, -0.2) is 22.9 Å². The third kappa shape index (κ3) is 3.34. The standard InChI is InChI=1S/C18H18N2O3/c1-3-20-11-16(10-19-20)18(21)23-12-13-4-5-15-9-17(22-2)7-6-14(15)8-13/h4-11H,3,12H2,1-2H3. The highest BCUT2D eigenvalue weighted by atomic mass is 16.5. The van der Waals surface area contributed by atoms with Gasteiger partial charge >= 0.3 is 5.97 Å². The van der Waals surface area contributed by atoms with Crippen LogP contribution in [-0.2, 0) is 17.9 Å². The highest BCUT2D eigenvalue weighted by Crippen LogP contribution is 2.22. The number of nitrogens with zero attached hydrogens (tertiary/aromatic N) is 2. The van der Waals surface area contributed by atoms with Crippen molar-refractivity contribution in [2.75, 3.05) is 7.11 Å². The van der Waals surface area contributed by atoms with Crippen molar-refractivity contribution in [1.82, 2.24) is 9.78 Å². The van der Waals surface area contributed by atoms with Crippen LogP contribution >= 0.6 is 0 Å². The van der Waals surface area contributed by atoms with E-state index in [4.69, 9.17) is 9.47 Å². The Morgan fingerprint density at radius 3 is 2.70 bits per heavy atom. The van der Waals surface area contributed by atoms with Gasteiger partial charge in [0.1, 0.15) is 12.4 Å². The Labute approximate surface area is 134 Å². The van der Waals surface area contributed by atoms with Gasteiger partial charge in [-0.2, -0.15) is 5.10 Å². The average molecular weight is 310 g/mol. The zero-order valence-corrected chi connectivity index (χ0v) is 13.2. The molecule has 0 radical (unpaired) electrons. The monoisotopic (exact) mass is 310 g/mol. The van der Waals surface area contributed by atoms with Gasteiger partial charge in [-0.15, -0.1) is 0 Å². The van der Waals surface area contributed by atoms with Crippen molar-refractivity contribution in [2.45, 2.75) is 20.1 Å². The summed E-state index contributed by atoms with van der Waals surface area (Å²) in [4.78, 5) is 12.0. The summed E-state index contributed by atoms with van der Waals surface area (Å²) in [6.07, 6.45) is 3.22. The predicted octanol–water partition coefficient (Wildman–Crippen LogP) is 3.42. The van der Waals surface area contributed by atoms with Crippen molar-refractivity contribution in [3.63, 3.8) is 0 Å². The lowest BCUT2D eigenvalue weighted by Gasteiger charge is -2.06. The Morgan fingerprint density at radius 2 is 1.96 bits per heavy atom. The summed E-state index contributed by atoms with van der Waals surface area (Å²) < 4.78 is 12.3. The summed E-state index contributed by atoms with van der Waals surface area (Å²) >= 11 is 0.